The number of benzene rings is 2. The summed E-state index contributed by atoms with van der Waals surface area (Å²) in [7, 11) is 0.0884. The number of carbonyl (C=O) groups excluding carboxylic acids is 1. The molecule has 2 aromatic rings. The predicted octanol–water partition coefficient (Wildman–Crippen LogP) is 3.05. The van der Waals surface area contributed by atoms with Gasteiger partial charge in [-0.1, -0.05) is 12.1 Å². The maximum atomic E-state index is 14.0. The Balaban J connectivity index is 2.36. The van der Waals surface area contributed by atoms with Gasteiger partial charge in [-0.3, -0.25) is 4.79 Å². The molecular weight excluding hydrogens is 362 g/mol. The number of halogens is 2. The van der Waals surface area contributed by atoms with Crippen LogP contribution < -0.4 is 0 Å². The standard InChI is InChI=1S/C18H20F2N2O3S/c1-12(13-5-8-15(19)9-6-13)22(4)18(23)14-7-10-16(20)17(11-14)26(24,25)21(2)3/h5-12H,1-4H3. The van der Waals surface area contributed by atoms with Crippen LogP contribution in [0.4, 0.5) is 8.78 Å². The van der Waals surface area contributed by atoms with Crippen molar-refractivity contribution in [1.29, 1.82) is 0 Å². The van der Waals surface area contributed by atoms with E-state index in [1.54, 1.807) is 26.1 Å². The van der Waals surface area contributed by atoms with E-state index in [9.17, 15) is 22.0 Å². The summed E-state index contributed by atoms with van der Waals surface area (Å²) in [5.41, 5.74) is 0.758. The minimum atomic E-state index is -4.02. The monoisotopic (exact) mass is 382 g/mol. The Morgan fingerprint density at radius 2 is 1.58 bits per heavy atom. The van der Waals surface area contributed by atoms with Gasteiger partial charge in [0.15, 0.2) is 0 Å². The van der Waals surface area contributed by atoms with Gasteiger partial charge in [-0.05, 0) is 42.8 Å². The first kappa shape index (κ1) is 20.0. The molecule has 2 aromatic carbocycles. The molecule has 0 aliphatic carbocycles. The topological polar surface area (TPSA) is 57.7 Å². The summed E-state index contributed by atoms with van der Waals surface area (Å²) in [6.07, 6.45) is 0. The third-order valence-corrected chi connectivity index (χ3v) is 6.02. The molecule has 5 nitrogen and oxygen atoms in total. The first-order valence-corrected chi connectivity index (χ1v) is 9.24. The highest BCUT2D eigenvalue weighted by molar-refractivity contribution is 7.89. The molecule has 0 bridgehead atoms. The van der Waals surface area contributed by atoms with Crippen LogP contribution in [0, 0.1) is 11.6 Å². The number of rotatable bonds is 5. The fourth-order valence-electron chi connectivity index (χ4n) is 2.38. The Labute approximate surface area is 151 Å². The maximum absolute atomic E-state index is 14.0. The van der Waals surface area contributed by atoms with Crippen molar-refractivity contribution in [3.8, 4) is 0 Å². The zero-order valence-electron chi connectivity index (χ0n) is 14.9. The van der Waals surface area contributed by atoms with E-state index in [0.717, 1.165) is 16.4 Å². The zero-order chi connectivity index (χ0) is 19.6. The largest absolute Gasteiger partial charge is 0.335 e. The molecule has 26 heavy (non-hydrogen) atoms. The van der Waals surface area contributed by atoms with Crippen molar-refractivity contribution in [3.63, 3.8) is 0 Å². The van der Waals surface area contributed by atoms with Gasteiger partial charge in [0, 0.05) is 26.7 Å². The molecule has 0 radical (unpaired) electrons. The summed E-state index contributed by atoms with van der Waals surface area (Å²) in [5.74, 6) is -1.78. The zero-order valence-corrected chi connectivity index (χ0v) is 15.7. The second-order valence-corrected chi connectivity index (χ2v) is 8.20. The molecule has 0 aliphatic heterocycles. The van der Waals surface area contributed by atoms with Crippen LogP contribution in [-0.2, 0) is 10.0 Å². The van der Waals surface area contributed by atoms with Crippen LogP contribution in [0.3, 0.4) is 0 Å². The molecule has 1 amide bonds. The summed E-state index contributed by atoms with van der Waals surface area (Å²) in [6, 6.07) is 8.56. The number of carbonyl (C=O) groups is 1. The van der Waals surface area contributed by atoms with Crippen molar-refractivity contribution in [3.05, 3.63) is 65.2 Å². The maximum Gasteiger partial charge on any atom is 0.254 e. The third kappa shape index (κ3) is 3.91. The van der Waals surface area contributed by atoms with E-state index in [-0.39, 0.29) is 17.4 Å². The van der Waals surface area contributed by atoms with Gasteiger partial charge in [0.2, 0.25) is 10.0 Å². The molecule has 1 atom stereocenters. The Hall–Kier alpha value is -2.32. The Morgan fingerprint density at radius 3 is 2.12 bits per heavy atom. The van der Waals surface area contributed by atoms with E-state index in [0.29, 0.717) is 5.56 Å². The second kappa shape index (κ2) is 7.51. The molecular formula is C18H20F2N2O3S. The Kier molecular flexibility index (Phi) is 5.77. The van der Waals surface area contributed by atoms with E-state index < -0.39 is 26.6 Å². The van der Waals surface area contributed by atoms with Crippen LogP contribution in [0.25, 0.3) is 0 Å². The van der Waals surface area contributed by atoms with Crippen LogP contribution >= 0.6 is 0 Å². The molecule has 0 aromatic heterocycles. The van der Waals surface area contributed by atoms with E-state index >= 15 is 0 Å². The Morgan fingerprint density at radius 1 is 1.00 bits per heavy atom. The van der Waals surface area contributed by atoms with Crippen LogP contribution in [0.5, 0.6) is 0 Å². The SMILES string of the molecule is CC(c1ccc(F)cc1)N(C)C(=O)c1ccc(F)c(S(=O)(=O)N(C)C)c1. The van der Waals surface area contributed by atoms with E-state index in [1.807, 2.05) is 0 Å². The van der Waals surface area contributed by atoms with Gasteiger partial charge in [-0.25, -0.2) is 21.5 Å². The number of hydrogen-bond donors (Lipinski definition) is 0. The normalized spacial score (nSPS) is 12.9. The van der Waals surface area contributed by atoms with Crippen LogP contribution in [0.2, 0.25) is 0 Å². The molecule has 0 N–H and O–H groups in total. The summed E-state index contributed by atoms with van der Waals surface area (Å²) in [6.45, 7) is 1.76. The first-order chi connectivity index (χ1) is 12.1. The predicted molar refractivity (Wildman–Crippen MR) is 94.2 cm³/mol. The third-order valence-electron chi connectivity index (χ3n) is 4.19. The van der Waals surface area contributed by atoms with Gasteiger partial charge in [-0.2, -0.15) is 0 Å². The first-order valence-electron chi connectivity index (χ1n) is 7.80. The molecule has 140 valence electrons. The van der Waals surface area contributed by atoms with Gasteiger partial charge in [0.25, 0.3) is 5.91 Å². The lowest BCUT2D eigenvalue weighted by Crippen LogP contribution is -2.30. The van der Waals surface area contributed by atoms with E-state index in [1.165, 1.54) is 37.2 Å². The van der Waals surface area contributed by atoms with Crippen molar-refractivity contribution in [2.45, 2.75) is 17.9 Å². The van der Waals surface area contributed by atoms with Crippen LogP contribution in [0.1, 0.15) is 28.9 Å². The molecule has 0 aliphatic rings. The lowest BCUT2D eigenvalue weighted by Gasteiger charge is -2.26. The summed E-state index contributed by atoms with van der Waals surface area (Å²) in [5, 5.41) is 0. The van der Waals surface area contributed by atoms with Gasteiger partial charge in [0.1, 0.15) is 16.5 Å². The number of amides is 1. The fourth-order valence-corrected chi connectivity index (χ4v) is 3.36. The smallest absolute Gasteiger partial charge is 0.254 e. The van der Waals surface area contributed by atoms with Gasteiger partial charge in [0.05, 0.1) is 6.04 Å². The average molecular weight is 382 g/mol. The highest BCUT2D eigenvalue weighted by Crippen LogP contribution is 2.24. The molecule has 0 saturated heterocycles. The van der Waals surface area contributed by atoms with Crippen molar-refractivity contribution in [2.75, 3.05) is 21.1 Å². The molecule has 1 unspecified atom stereocenters. The van der Waals surface area contributed by atoms with Gasteiger partial charge in [-0.15, -0.1) is 0 Å². The lowest BCUT2D eigenvalue weighted by molar-refractivity contribution is 0.0742. The van der Waals surface area contributed by atoms with Crippen LogP contribution in [0.15, 0.2) is 47.4 Å². The van der Waals surface area contributed by atoms with E-state index in [4.69, 9.17) is 0 Å². The molecule has 2 rings (SSSR count). The molecule has 0 fully saturated rings. The molecule has 0 spiro atoms. The highest BCUT2D eigenvalue weighted by atomic mass is 32.2. The summed E-state index contributed by atoms with van der Waals surface area (Å²) >= 11 is 0. The van der Waals surface area contributed by atoms with Gasteiger partial charge >= 0.3 is 0 Å². The van der Waals surface area contributed by atoms with E-state index in [2.05, 4.69) is 0 Å². The second-order valence-electron chi connectivity index (χ2n) is 6.08. The molecule has 8 heteroatoms. The van der Waals surface area contributed by atoms with Gasteiger partial charge < -0.3 is 4.90 Å². The highest BCUT2D eigenvalue weighted by Gasteiger charge is 2.25. The molecule has 0 saturated carbocycles. The quantitative estimate of drug-likeness (QED) is 0.799. The molecule has 0 heterocycles. The van der Waals surface area contributed by atoms with Crippen molar-refractivity contribution >= 4 is 15.9 Å². The van der Waals surface area contributed by atoms with Crippen LogP contribution in [-0.4, -0.2) is 44.7 Å². The Bertz CT molecular complexity index is 913. The number of sulfonamides is 1. The van der Waals surface area contributed by atoms with Crippen molar-refractivity contribution in [2.24, 2.45) is 0 Å². The van der Waals surface area contributed by atoms with Crippen molar-refractivity contribution < 1.29 is 22.0 Å². The lowest BCUT2D eigenvalue weighted by atomic mass is 10.1. The fraction of sp³-hybridized carbons (Fsp3) is 0.278. The number of hydrogen-bond acceptors (Lipinski definition) is 3. The summed E-state index contributed by atoms with van der Waals surface area (Å²) in [4.78, 5) is 13.5. The summed E-state index contributed by atoms with van der Waals surface area (Å²) < 4.78 is 52.3. The minimum absolute atomic E-state index is 0.0447. The minimum Gasteiger partial charge on any atom is -0.335 e. The van der Waals surface area contributed by atoms with Crippen molar-refractivity contribution in [1.82, 2.24) is 9.21 Å². The number of nitrogens with zero attached hydrogens (tertiary/aromatic N) is 2. The average Bonchev–Trinajstić information content (AvgIpc) is 2.60.